The lowest BCUT2D eigenvalue weighted by molar-refractivity contribution is 0.767. The van der Waals surface area contributed by atoms with E-state index >= 15 is 0 Å². The Bertz CT molecular complexity index is 386. The highest BCUT2D eigenvalue weighted by atomic mass is 79.9. The molecule has 0 aliphatic heterocycles. The minimum absolute atomic E-state index is 0.862. The highest BCUT2D eigenvalue weighted by Crippen LogP contribution is 2.16. The smallest absolute Gasteiger partial charge is 0.0568 e. The van der Waals surface area contributed by atoms with E-state index in [4.69, 9.17) is 0 Å². The van der Waals surface area contributed by atoms with E-state index in [2.05, 4.69) is 27.6 Å². The molecule has 14 heavy (non-hydrogen) atoms. The fourth-order valence-electron chi connectivity index (χ4n) is 1.11. The van der Waals surface area contributed by atoms with Gasteiger partial charge in [0.25, 0.3) is 0 Å². The lowest BCUT2D eigenvalue weighted by Crippen LogP contribution is -1.84. The molecule has 0 N–H and O–H groups in total. The highest BCUT2D eigenvalue weighted by molar-refractivity contribution is 9.11. The van der Waals surface area contributed by atoms with Crippen LogP contribution in [-0.2, 0) is 7.05 Å². The molecule has 1 heterocycles. The molecule has 0 bridgehead atoms. The zero-order chi connectivity index (χ0) is 10.6. The first-order valence-corrected chi connectivity index (χ1v) is 5.10. The van der Waals surface area contributed by atoms with Crippen LogP contribution >= 0.6 is 15.9 Å². The summed E-state index contributed by atoms with van der Waals surface area (Å²) in [7, 11) is 1.91. The van der Waals surface area contributed by atoms with Crippen molar-refractivity contribution in [2.45, 2.75) is 6.92 Å². The Morgan fingerprint density at radius 1 is 1.57 bits per heavy atom. The maximum Gasteiger partial charge on any atom is 0.0568 e. The summed E-state index contributed by atoms with van der Waals surface area (Å²) in [6.07, 6.45) is 9.80. The molecule has 1 aromatic heterocycles. The molecule has 0 fully saturated rings. The molecule has 0 amide bonds. The molecule has 0 aromatic carbocycles. The third-order valence-electron chi connectivity index (χ3n) is 1.79. The van der Waals surface area contributed by atoms with Gasteiger partial charge in [0.15, 0.2) is 0 Å². The van der Waals surface area contributed by atoms with Gasteiger partial charge in [0.2, 0.25) is 0 Å². The van der Waals surface area contributed by atoms with E-state index in [0.29, 0.717) is 0 Å². The number of nitrogens with zero attached hydrogens (tertiary/aromatic N) is 2. The number of hydrogen-bond acceptors (Lipinski definition) is 1. The van der Waals surface area contributed by atoms with Gasteiger partial charge in [0, 0.05) is 23.3 Å². The van der Waals surface area contributed by atoms with Crippen molar-refractivity contribution in [1.29, 1.82) is 0 Å². The van der Waals surface area contributed by atoms with E-state index in [0.717, 1.165) is 15.6 Å². The minimum Gasteiger partial charge on any atom is -0.275 e. The molecule has 0 spiro atoms. The quantitative estimate of drug-likeness (QED) is 0.756. The van der Waals surface area contributed by atoms with Gasteiger partial charge < -0.3 is 0 Å². The largest absolute Gasteiger partial charge is 0.275 e. The van der Waals surface area contributed by atoms with E-state index in [-0.39, 0.29) is 0 Å². The van der Waals surface area contributed by atoms with E-state index < -0.39 is 0 Å². The summed E-state index contributed by atoms with van der Waals surface area (Å²) in [6.45, 7) is 5.75. The molecule has 0 radical (unpaired) electrons. The fraction of sp³-hybridized carbons (Fsp3) is 0.182. The average molecular weight is 253 g/mol. The summed E-state index contributed by atoms with van der Waals surface area (Å²) in [4.78, 5) is 0. The molecule has 0 unspecified atom stereocenters. The van der Waals surface area contributed by atoms with Crippen molar-refractivity contribution in [1.82, 2.24) is 9.78 Å². The highest BCUT2D eigenvalue weighted by Gasteiger charge is 1.98. The van der Waals surface area contributed by atoms with Gasteiger partial charge in [0.1, 0.15) is 0 Å². The Balaban J connectivity index is 2.89. The third-order valence-corrected chi connectivity index (χ3v) is 2.06. The number of hydrogen-bond donors (Lipinski definition) is 0. The number of halogens is 1. The summed E-state index contributed by atoms with van der Waals surface area (Å²) < 4.78 is 2.65. The van der Waals surface area contributed by atoms with Gasteiger partial charge in [-0.1, -0.05) is 34.7 Å². The van der Waals surface area contributed by atoms with Crippen molar-refractivity contribution >= 4 is 21.5 Å². The van der Waals surface area contributed by atoms with Crippen LogP contribution in [0, 0.1) is 0 Å². The van der Waals surface area contributed by atoms with Gasteiger partial charge in [-0.2, -0.15) is 5.10 Å². The summed E-state index contributed by atoms with van der Waals surface area (Å²) in [5.41, 5.74) is 2.25. The Morgan fingerprint density at radius 3 is 2.71 bits per heavy atom. The van der Waals surface area contributed by atoms with E-state index in [1.807, 2.05) is 44.6 Å². The standard InChI is InChI=1S/C11H13BrN2/c1-4-10(6-5-9(2)12)11-7-13-14(3)8-11/h4-8H,2H2,1,3H3/b6-5-,10-4+. The number of aromatic nitrogens is 2. The predicted molar refractivity (Wildman–Crippen MR) is 64.1 cm³/mol. The second-order valence-electron chi connectivity index (χ2n) is 2.93. The van der Waals surface area contributed by atoms with Crippen LogP contribution in [0.25, 0.3) is 5.57 Å². The van der Waals surface area contributed by atoms with Crippen molar-refractivity contribution in [2.75, 3.05) is 0 Å². The topological polar surface area (TPSA) is 17.8 Å². The Morgan fingerprint density at radius 2 is 2.29 bits per heavy atom. The van der Waals surface area contributed by atoms with Gasteiger partial charge in [0.05, 0.1) is 6.20 Å². The fourth-order valence-corrected chi connectivity index (χ4v) is 1.24. The number of rotatable bonds is 3. The summed E-state index contributed by atoms with van der Waals surface area (Å²) in [5, 5.41) is 4.12. The molecule has 0 aliphatic carbocycles. The van der Waals surface area contributed by atoms with Crippen LogP contribution in [0.4, 0.5) is 0 Å². The Kier molecular flexibility index (Phi) is 3.89. The maximum absolute atomic E-state index is 4.12. The monoisotopic (exact) mass is 252 g/mol. The molecule has 0 aliphatic rings. The lowest BCUT2D eigenvalue weighted by atomic mass is 10.1. The maximum atomic E-state index is 4.12. The molecule has 0 atom stereocenters. The molecule has 1 rings (SSSR count). The number of aryl methyl sites for hydroxylation is 1. The predicted octanol–water partition coefficient (Wildman–Crippen LogP) is 3.29. The Hall–Kier alpha value is -1.09. The van der Waals surface area contributed by atoms with E-state index in [1.54, 1.807) is 4.68 Å². The van der Waals surface area contributed by atoms with Crippen LogP contribution in [-0.4, -0.2) is 9.78 Å². The van der Waals surface area contributed by atoms with E-state index in [1.165, 1.54) is 0 Å². The molecule has 2 nitrogen and oxygen atoms in total. The van der Waals surface area contributed by atoms with Crippen LogP contribution in [0.15, 0.2) is 41.7 Å². The van der Waals surface area contributed by atoms with Gasteiger partial charge in [-0.05, 0) is 18.6 Å². The van der Waals surface area contributed by atoms with Gasteiger partial charge in [-0.15, -0.1) is 0 Å². The molecule has 3 heteroatoms. The van der Waals surface area contributed by atoms with Crippen molar-refractivity contribution in [3.05, 3.63) is 47.2 Å². The van der Waals surface area contributed by atoms with Crippen molar-refractivity contribution in [3.63, 3.8) is 0 Å². The first kappa shape index (κ1) is 11.0. The van der Waals surface area contributed by atoms with Crippen molar-refractivity contribution < 1.29 is 0 Å². The SMILES string of the molecule is C=C(Br)/C=C\C(=C/C)c1cnn(C)c1. The molecule has 1 aromatic rings. The zero-order valence-corrected chi connectivity index (χ0v) is 9.95. The first-order valence-electron chi connectivity index (χ1n) is 4.31. The zero-order valence-electron chi connectivity index (χ0n) is 8.37. The lowest BCUT2D eigenvalue weighted by Gasteiger charge is -1.95. The summed E-state index contributed by atoms with van der Waals surface area (Å²) in [6, 6.07) is 0. The normalized spacial score (nSPS) is 12.4. The van der Waals surface area contributed by atoms with Crippen LogP contribution < -0.4 is 0 Å². The van der Waals surface area contributed by atoms with Crippen molar-refractivity contribution in [2.24, 2.45) is 7.05 Å². The molecular weight excluding hydrogens is 240 g/mol. The summed E-state index contributed by atoms with van der Waals surface area (Å²) in [5.74, 6) is 0. The molecule has 0 saturated carbocycles. The third kappa shape index (κ3) is 3.00. The van der Waals surface area contributed by atoms with Crippen LogP contribution in [0.3, 0.4) is 0 Å². The second kappa shape index (κ2) is 4.96. The summed E-state index contributed by atoms with van der Waals surface area (Å²) >= 11 is 3.28. The van der Waals surface area contributed by atoms with Crippen LogP contribution in [0.1, 0.15) is 12.5 Å². The van der Waals surface area contributed by atoms with Crippen LogP contribution in [0.5, 0.6) is 0 Å². The minimum atomic E-state index is 0.862. The second-order valence-corrected chi connectivity index (χ2v) is 3.95. The number of allylic oxidation sites excluding steroid dienone is 5. The average Bonchev–Trinajstić information content (AvgIpc) is 2.53. The molecule has 74 valence electrons. The van der Waals surface area contributed by atoms with E-state index in [9.17, 15) is 0 Å². The van der Waals surface area contributed by atoms with Gasteiger partial charge >= 0.3 is 0 Å². The molecule has 0 saturated heterocycles. The van der Waals surface area contributed by atoms with Gasteiger partial charge in [-0.3, -0.25) is 4.68 Å². The van der Waals surface area contributed by atoms with Crippen LogP contribution in [0.2, 0.25) is 0 Å². The first-order chi connectivity index (χ1) is 6.63. The molecular formula is C11H13BrN2. The Labute approximate surface area is 92.8 Å². The van der Waals surface area contributed by atoms with Crippen molar-refractivity contribution in [3.8, 4) is 0 Å². The van der Waals surface area contributed by atoms with Gasteiger partial charge in [-0.25, -0.2) is 0 Å².